The molecule has 2 aromatic carbocycles. The van der Waals surface area contributed by atoms with Crippen LogP contribution in [0.4, 0.5) is 5.69 Å². The van der Waals surface area contributed by atoms with Crippen molar-refractivity contribution in [1.82, 2.24) is 0 Å². The SMILES string of the molecule is CCCN(CCOC(=O)c1ccccc1)c1ccccc1. The quantitative estimate of drug-likeness (QED) is 0.725. The number of ether oxygens (including phenoxy) is 1. The van der Waals surface area contributed by atoms with Crippen LogP contribution in [0.25, 0.3) is 0 Å². The van der Waals surface area contributed by atoms with Gasteiger partial charge in [-0.3, -0.25) is 0 Å². The van der Waals surface area contributed by atoms with Gasteiger partial charge in [0.1, 0.15) is 6.61 Å². The Bertz CT molecular complexity index is 540. The van der Waals surface area contributed by atoms with Crippen molar-refractivity contribution in [1.29, 1.82) is 0 Å². The van der Waals surface area contributed by atoms with E-state index in [0.717, 1.165) is 18.7 Å². The van der Waals surface area contributed by atoms with E-state index in [1.807, 2.05) is 36.4 Å². The van der Waals surface area contributed by atoms with Crippen LogP contribution in [-0.2, 0) is 4.74 Å². The number of carbonyl (C=O) groups excluding carboxylic acids is 1. The van der Waals surface area contributed by atoms with E-state index in [4.69, 9.17) is 4.74 Å². The Hall–Kier alpha value is -2.29. The molecule has 0 N–H and O–H groups in total. The Labute approximate surface area is 126 Å². The van der Waals surface area contributed by atoms with E-state index < -0.39 is 0 Å². The third-order valence-corrected chi connectivity index (χ3v) is 3.22. The Balaban J connectivity index is 1.87. The van der Waals surface area contributed by atoms with Crippen LogP contribution >= 0.6 is 0 Å². The second-order valence-corrected chi connectivity index (χ2v) is 4.82. The molecule has 0 aliphatic rings. The molecule has 0 fully saturated rings. The smallest absolute Gasteiger partial charge is 0.338 e. The number of hydrogen-bond acceptors (Lipinski definition) is 3. The van der Waals surface area contributed by atoms with Gasteiger partial charge in [-0.1, -0.05) is 43.3 Å². The monoisotopic (exact) mass is 283 g/mol. The van der Waals surface area contributed by atoms with Crippen molar-refractivity contribution < 1.29 is 9.53 Å². The summed E-state index contributed by atoms with van der Waals surface area (Å²) in [6.07, 6.45) is 1.06. The summed E-state index contributed by atoms with van der Waals surface area (Å²) >= 11 is 0. The topological polar surface area (TPSA) is 29.5 Å². The van der Waals surface area contributed by atoms with Gasteiger partial charge in [0.15, 0.2) is 0 Å². The van der Waals surface area contributed by atoms with Gasteiger partial charge in [0.2, 0.25) is 0 Å². The molecule has 0 bridgehead atoms. The van der Waals surface area contributed by atoms with Crippen molar-refractivity contribution >= 4 is 11.7 Å². The van der Waals surface area contributed by atoms with Crippen molar-refractivity contribution in [2.75, 3.05) is 24.6 Å². The highest BCUT2D eigenvalue weighted by Gasteiger charge is 2.08. The van der Waals surface area contributed by atoms with Gasteiger partial charge in [0.25, 0.3) is 0 Å². The van der Waals surface area contributed by atoms with Crippen LogP contribution in [0.3, 0.4) is 0 Å². The van der Waals surface area contributed by atoms with Crippen molar-refractivity contribution in [2.45, 2.75) is 13.3 Å². The molecule has 0 aliphatic heterocycles. The van der Waals surface area contributed by atoms with E-state index in [9.17, 15) is 4.79 Å². The maximum absolute atomic E-state index is 11.9. The van der Waals surface area contributed by atoms with Crippen molar-refractivity contribution in [3.8, 4) is 0 Å². The Kier molecular flexibility index (Phi) is 5.83. The Morgan fingerprint density at radius 1 is 0.952 bits per heavy atom. The van der Waals surface area contributed by atoms with E-state index in [1.54, 1.807) is 12.1 Å². The molecule has 0 saturated carbocycles. The van der Waals surface area contributed by atoms with Crippen molar-refractivity contribution in [2.24, 2.45) is 0 Å². The number of carbonyl (C=O) groups is 1. The van der Waals surface area contributed by atoms with Gasteiger partial charge >= 0.3 is 5.97 Å². The lowest BCUT2D eigenvalue weighted by atomic mass is 10.2. The number of para-hydroxylation sites is 1. The lowest BCUT2D eigenvalue weighted by Crippen LogP contribution is -2.29. The van der Waals surface area contributed by atoms with E-state index in [1.165, 1.54) is 0 Å². The third-order valence-electron chi connectivity index (χ3n) is 3.22. The molecular weight excluding hydrogens is 262 g/mol. The summed E-state index contributed by atoms with van der Waals surface area (Å²) in [5.41, 5.74) is 1.76. The molecule has 2 aromatic rings. The minimum atomic E-state index is -0.264. The predicted octanol–water partition coefficient (Wildman–Crippen LogP) is 3.76. The van der Waals surface area contributed by atoms with Crippen LogP contribution in [-0.4, -0.2) is 25.7 Å². The first kappa shape index (κ1) is 15.1. The first-order valence-electron chi connectivity index (χ1n) is 7.33. The summed E-state index contributed by atoms with van der Waals surface area (Å²) in [5, 5.41) is 0. The van der Waals surface area contributed by atoms with Gasteiger partial charge in [0.05, 0.1) is 12.1 Å². The maximum Gasteiger partial charge on any atom is 0.338 e. The van der Waals surface area contributed by atoms with Gasteiger partial charge in [0, 0.05) is 12.2 Å². The number of benzene rings is 2. The molecule has 21 heavy (non-hydrogen) atoms. The molecule has 0 radical (unpaired) electrons. The Morgan fingerprint density at radius 3 is 2.19 bits per heavy atom. The second kappa shape index (κ2) is 8.10. The fraction of sp³-hybridized carbons (Fsp3) is 0.278. The lowest BCUT2D eigenvalue weighted by Gasteiger charge is -2.24. The molecule has 3 heteroatoms. The van der Waals surface area contributed by atoms with Crippen LogP contribution in [0.15, 0.2) is 60.7 Å². The molecule has 0 saturated heterocycles. The summed E-state index contributed by atoms with van der Waals surface area (Å²) in [6.45, 7) is 4.19. The summed E-state index contributed by atoms with van der Waals surface area (Å²) in [7, 11) is 0. The summed E-state index contributed by atoms with van der Waals surface area (Å²) in [4.78, 5) is 14.1. The average molecular weight is 283 g/mol. The van der Waals surface area contributed by atoms with E-state index in [0.29, 0.717) is 18.7 Å². The average Bonchev–Trinajstić information content (AvgIpc) is 2.55. The zero-order chi connectivity index (χ0) is 14.9. The highest BCUT2D eigenvalue weighted by atomic mass is 16.5. The van der Waals surface area contributed by atoms with E-state index in [-0.39, 0.29) is 5.97 Å². The molecule has 0 atom stereocenters. The van der Waals surface area contributed by atoms with Gasteiger partial charge in [-0.05, 0) is 30.7 Å². The molecule has 0 amide bonds. The number of anilines is 1. The van der Waals surface area contributed by atoms with Gasteiger partial charge in [-0.2, -0.15) is 0 Å². The van der Waals surface area contributed by atoms with Crippen molar-refractivity contribution in [3.63, 3.8) is 0 Å². The molecule has 3 nitrogen and oxygen atoms in total. The molecule has 0 unspecified atom stereocenters. The predicted molar refractivity (Wildman–Crippen MR) is 85.7 cm³/mol. The molecular formula is C18H21NO2. The normalized spacial score (nSPS) is 10.1. The standard InChI is InChI=1S/C18H21NO2/c1-2-13-19(17-11-7-4-8-12-17)14-15-21-18(20)16-9-5-3-6-10-16/h3-12H,2,13-15H2,1H3. The number of rotatable bonds is 7. The zero-order valence-corrected chi connectivity index (χ0v) is 12.4. The van der Waals surface area contributed by atoms with Gasteiger partial charge < -0.3 is 9.64 Å². The van der Waals surface area contributed by atoms with Crippen LogP contribution < -0.4 is 4.90 Å². The number of esters is 1. The first-order chi connectivity index (χ1) is 10.3. The minimum Gasteiger partial charge on any atom is -0.460 e. The molecule has 0 spiro atoms. The largest absolute Gasteiger partial charge is 0.460 e. The van der Waals surface area contributed by atoms with Crippen molar-refractivity contribution in [3.05, 3.63) is 66.2 Å². The van der Waals surface area contributed by atoms with Crippen LogP contribution in [0.1, 0.15) is 23.7 Å². The van der Waals surface area contributed by atoms with E-state index >= 15 is 0 Å². The molecule has 0 aromatic heterocycles. The fourth-order valence-corrected chi connectivity index (χ4v) is 2.18. The van der Waals surface area contributed by atoms with Crippen LogP contribution in [0.2, 0.25) is 0 Å². The molecule has 0 heterocycles. The molecule has 2 rings (SSSR count). The third kappa shape index (κ3) is 4.63. The highest BCUT2D eigenvalue weighted by Crippen LogP contribution is 2.13. The van der Waals surface area contributed by atoms with Crippen LogP contribution in [0, 0.1) is 0 Å². The summed E-state index contributed by atoms with van der Waals surface area (Å²) in [6, 6.07) is 19.3. The summed E-state index contributed by atoms with van der Waals surface area (Å²) < 4.78 is 5.35. The summed E-state index contributed by atoms with van der Waals surface area (Å²) in [5.74, 6) is -0.264. The van der Waals surface area contributed by atoms with Crippen LogP contribution in [0.5, 0.6) is 0 Å². The molecule has 0 aliphatic carbocycles. The molecule has 110 valence electrons. The second-order valence-electron chi connectivity index (χ2n) is 4.82. The highest BCUT2D eigenvalue weighted by molar-refractivity contribution is 5.89. The first-order valence-corrected chi connectivity index (χ1v) is 7.33. The number of nitrogens with zero attached hydrogens (tertiary/aromatic N) is 1. The van der Waals surface area contributed by atoms with E-state index in [2.05, 4.69) is 24.0 Å². The lowest BCUT2D eigenvalue weighted by molar-refractivity contribution is 0.0515. The maximum atomic E-state index is 11.9. The van der Waals surface area contributed by atoms with Gasteiger partial charge in [-0.25, -0.2) is 4.79 Å². The minimum absolute atomic E-state index is 0.264. The number of hydrogen-bond donors (Lipinski definition) is 0. The van der Waals surface area contributed by atoms with Gasteiger partial charge in [-0.15, -0.1) is 0 Å². The Morgan fingerprint density at radius 2 is 1.57 bits per heavy atom. The fourth-order valence-electron chi connectivity index (χ4n) is 2.18. The zero-order valence-electron chi connectivity index (χ0n) is 12.4.